The summed E-state index contributed by atoms with van der Waals surface area (Å²) in [6.45, 7) is 1.77. The number of carbonyl (C=O) groups is 2. The summed E-state index contributed by atoms with van der Waals surface area (Å²) in [6.07, 6.45) is 0.447. The summed E-state index contributed by atoms with van der Waals surface area (Å²) in [5, 5.41) is 9.67. The minimum absolute atomic E-state index is 0.0844. The maximum atomic E-state index is 12.3. The van der Waals surface area contributed by atoms with Crippen molar-refractivity contribution in [3.63, 3.8) is 0 Å². The van der Waals surface area contributed by atoms with Crippen LogP contribution in [0, 0.1) is 22.7 Å². The largest absolute Gasteiger partial charge is 0.468 e. The molecule has 0 bridgehead atoms. The van der Waals surface area contributed by atoms with Crippen LogP contribution in [-0.4, -0.2) is 18.9 Å². The van der Waals surface area contributed by atoms with Gasteiger partial charge in [0, 0.05) is 18.8 Å². The van der Waals surface area contributed by atoms with E-state index in [1.54, 1.807) is 6.92 Å². The molecule has 4 nitrogen and oxygen atoms in total. The molecule has 1 fully saturated rings. The molecule has 0 heterocycles. The van der Waals surface area contributed by atoms with Crippen LogP contribution in [0.25, 0.3) is 0 Å². The van der Waals surface area contributed by atoms with E-state index in [0.29, 0.717) is 0 Å². The van der Waals surface area contributed by atoms with Crippen molar-refractivity contribution in [3.05, 3.63) is 35.9 Å². The highest BCUT2D eigenvalue weighted by atomic mass is 16.5. The SMILES string of the molecule is COC(=O)[C@]1(C#N)[C@@H](c2ccccc2)CC(=O)C[C@@H]1C. The molecule has 1 aliphatic rings. The van der Waals surface area contributed by atoms with Gasteiger partial charge in [0.1, 0.15) is 5.78 Å². The second-order valence-corrected chi connectivity index (χ2v) is 5.28. The van der Waals surface area contributed by atoms with E-state index in [1.807, 2.05) is 30.3 Å². The second-order valence-electron chi connectivity index (χ2n) is 5.28. The standard InChI is InChI=1S/C16H17NO3/c1-11-8-13(18)9-14(12-6-4-3-5-7-12)16(11,10-17)15(19)20-2/h3-7,11,14H,8-9H2,1-2H3/t11-,14+,16-/m0/s1. The fourth-order valence-electron chi connectivity index (χ4n) is 3.13. The molecule has 1 aromatic carbocycles. The van der Waals surface area contributed by atoms with Gasteiger partial charge in [-0.1, -0.05) is 37.3 Å². The van der Waals surface area contributed by atoms with E-state index < -0.39 is 17.3 Å². The first-order valence-electron chi connectivity index (χ1n) is 6.62. The first kappa shape index (κ1) is 14.3. The van der Waals surface area contributed by atoms with E-state index in [-0.39, 0.29) is 24.5 Å². The van der Waals surface area contributed by atoms with Crippen LogP contribution >= 0.6 is 0 Å². The van der Waals surface area contributed by atoms with Crippen molar-refractivity contribution >= 4 is 11.8 Å². The predicted octanol–water partition coefficient (Wildman–Crippen LogP) is 2.45. The van der Waals surface area contributed by atoms with Crippen LogP contribution in [0.2, 0.25) is 0 Å². The monoisotopic (exact) mass is 271 g/mol. The third-order valence-electron chi connectivity index (χ3n) is 4.20. The maximum absolute atomic E-state index is 12.3. The fourth-order valence-corrected chi connectivity index (χ4v) is 3.13. The summed E-state index contributed by atoms with van der Waals surface area (Å²) in [5.41, 5.74) is -0.455. The zero-order chi connectivity index (χ0) is 14.8. The molecule has 0 aliphatic heterocycles. The number of carbonyl (C=O) groups excluding carboxylic acids is 2. The lowest BCUT2D eigenvalue weighted by molar-refractivity contribution is -0.156. The Morgan fingerprint density at radius 2 is 2.00 bits per heavy atom. The van der Waals surface area contributed by atoms with Gasteiger partial charge in [0.05, 0.1) is 13.2 Å². The van der Waals surface area contributed by atoms with Crippen LogP contribution in [0.3, 0.4) is 0 Å². The molecule has 0 saturated heterocycles. The predicted molar refractivity (Wildman–Crippen MR) is 72.7 cm³/mol. The Balaban J connectivity index is 2.56. The highest BCUT2D eigenvalue weighted by molar-refractivity contribution is 5.89. The molecular weight excluding hydrogens is 254 g/mol. The van der Waals surface area contributed by atoms with Crippen molar-refractivity contribution in [1.82, 2.24) is 0 Å². The van der Waals surface area contributed by atoms with Crippen LogP contribution in [0.1, 0.15) is 31.2 Å². The van der Waals surface area contributed by atoms with Gasteiger partial charge in [-0.25, -0.2) is 0 Å². The molecule has 0 aromatic heterocycles. The zero-order valence-corrected chi connectivity index (χ0v) is 11.6. The van der Waals surface area contributed by atoms with E-state index in [2.05, 4.69) is 6.07 Å². The average molecular weight is 271 g/mol. The molecule has 2 rings (SSSR count). The molecule has 104 valence electrons. The van der Waals surface area contributed by atoms with E-state index in [4.69, 9.17) is 4.74 Å². The minimum Gasteiger partial charge on any atom is -0.468 e. The summed E-state index contributed by atoms with van der Waals surface area (Å²) in [7, 11) is 1.28. The summed E-state index contributed by atoms with van der Waals surface area (Å²) < 4.78 is 4.87. The fraction of sp³-hybridized carbons (Fsp3) is 0.438. The van der Waals surface area contributed by atoms with Crippen molar-refractivity contribution in [2.45, 2.75) is 25.7 Å². The molecular formula is C16H17NO3. The number of hydrogen-bond donors (Lipinski definition) is 0. The molecule has 1 aromatic rings. The van der Waals surface area contributed by atoms with E-state index in [9.17, 15) is 14.9 Å². The number of nitriles is 1. The number of ether oxygens (including phenoxy) is 1. The molecule has 20 heavy (non-hydrogen) atoms. The quantitative estimate of drug-likeness (QED) is 0.775. The lowest BCUT2D eigenvalue weighted by atomic mass is 9.59. The molecule has 1 saturated carbocycles. The van der Waals surface area contributed by atoms with Crippen molar-refractivity contribution < 1.29 is 14.3 Å². The summed E-state index contributed by atoms with van der Waals surface area (Å²) in [5.74, 6) is -1.27. The molecule has 0 spiro atoms. The Hall–Kier alpha value is -2.15. The lowest BCUT2D eigenvalue weighted by Crippen LogP contribution is -2.47. The Morgan fingerprint density at radius 3 is 2.55 bits per heavy atom. The van der Waals surface area contributed by atoms with Crippen molar-refractivity contribution in [3.8, 4) is 6.07 Å². The third-order valence-corrected chi connectivity index (χ3v) is 4.20. The number of esters is 1. The van der Waals surface area contributed by atoms with Gasteiger partial charge < -0.3 is 4.74 Å². The first-order chi connectivity index (χ1) is 9.56. The van der Waals surface area contributed by atoms with Gasteiger partial charge >= 0.3 is 5.97 Å². The van der Waals surface area contributed by atoms with Gasteiger partial charge in [0.25, 0.3) is 0 Å². The Labute approximate surface area is 118 Å². The second kappa shape index (κ2) is 5.46. The van der Waals surface area contributed by atoms with E-state index >= 15 is 0 Å². The van der Waals surface area contributed by atoms with Gasteiger partial charge in [-0.05, 0) is 11.5 Å². The number of methoxy groups -OCH3 is 1. The summed E-state index contributed by atoms with van der Waals surface area (Å²) in [6, 6.07) is 11.4. The molecule has 0 unspecified atom stereocenters. The molecule has 0 N–H and O–H groups in total. The average Bonchev–Trinajstić information content (AvgIpc) is 2.47. The van der Waals surface area contributed by atoms with E-state index in [0.717, 1.165) is 5.56 Å². The Morgan fingerprint density at radius 1 is 1.35 bits per heavy atom. The number of benzene rings is 1. The number of ketones is 1. The topological polar surface area (TPSA) is 67.2 Å². The van der Waals surface area contributed by atoms with Crippen molar-refractivity contribution in [1.29, 1.82) is 5.26 Å². The smallest absolute Gasteiger partial charge is 0.327 e. The highest BCUT2D eigenvalue weighted by Crippen LogP contribution is 2.50. The van der Waals surface area contributed by atoms with Gasteiger partial charge in [-0.2, -0.15) is 5.26 Å². The third kappa shape index (κ3) is 2.09. The highest BCUT2D eigenvalue weighted by Gasteiger charge is 2.55. The minimum atomic E-state index is -1.29. The first-order valence-corrected chi connectivity index (χ1v) is 6.62. The summed E-state index contributed by atoms with van der Waals surface area (Å²) in [4.78, 5) is 24.2. The lowest BCUT2D eigenvalue weighted by Gasteiger charge is -2.40. The molecule has 1 aliphatic carbocycles. The van der Waals surface area contributed by atoms with E-state index in [1.165, 1.54) is 7.11 Å². The van der Waals surface area contributed by atoms with Crippen LogP contribution < -0.4 is 0 Å². The van der Waals surface area contributed by atoms with Crippen LogP contribution in [0.5, 0.6) is 0 Å². The Bertz CT molecular complexity index is 561. The molecule has 4 heteroatoms. The normalized spacial score (nSPS) is 29.6. The number of nitrogens with zero attached hydrogens (tertiary/aromatic N) is 1. The van der Waals surface area contributed by atoms with Gasteiger partial charge in [0.15, 0.2) is 5.41 Å². The molecule has 3 atom stereocenters. The Kier molecular flexibility index (Phi) is 3.89. The van der Waals surface area contributed by atoms with Gasteiger partial charge in [-0.3, -0.25) is 9.59 Å². The molecule has 0 amide bonds. The zero-order valence-electron chi connectivity index (χ0n) is 11.6. The van der Waals surface area contributed by atoms with Crippen LogP contribution in [-0.2, 0) is 14.3 Å². The number of Topliss-reactive ketones (excluding diaryl/α,β-unsaturated/α-hetero) is 1. The van der Waals surface area contributed by atoms with Gasteiger partial charge in [-0.15, -0.1) is 0 Å². The van der Waals surface area contributed by atoms with Crippen LogP contribution in [0.15, 0.2) is 30.3 Å². The van der Waals surface area contributed by atoms with Gasteiger partial charge in [0.2, 0.25) is 0 Å². The molecule has 0 radical (unpaired) electrons. The number of hydrogen-bond acceptors (Lipinski definition) is 4. The van der Waals surface area contributed by atoms with Crippen LogP contribution in [0.4, 0.5) is 0 Å². The summed E-state index contributed by atoms with van der Waals surface area (Å²) >= 11 is 0. The van der Waals surface area contributed by atoms with Crippen molar-refractivity contribution in [2.24, 2.45) is 11.3 Å². The maximum Gasteiger partial charge on any atom is 0.327 e. The van der Waals surface area contributed by atoms with Crippen molar-refractivity contribution in [2.75, 3.05) is 7.11 Å². The number of rotatable bonds is 2.